The minimum absolute atomic E-state index is 0.276. The SMILES string of the molecule is O=C(N/N=C\c1cccnc1)c1cc(-c2cccs2)nc2ccccc12. The van der Waals surface area contributed by atoms with E-state index in [9.17, 15) is 4.79 Å². The van der Waals surface area contributed by atoms with Crippen LogP contribution in [0.25, 0.3) is 21.5 Å². The maximum Gasteiger partial charge on any atom is 0.272 e. The molecule has 6 heteroatoms. The number of thiophene rings is 1. The summed E-state index contributed by atoms with van der Waals surface area (Å²) in [5.41, 5.74) is 5.50. The first-order valence-electron chi connectivity index (χ1n) is 7.98. The van der Waals surface area contributed by atoms with Crippen molar-refractivity contribution in [2.45, 2.75) is 0 Å². The summed E-state index contributed by atoms with van der Waals surface area (Å²) >= 11 is 1.59. The van der Waals surface area contributed by atoms with Crippen molar-refractivity contribution in [3.63, 3.8) is 0 Å². The number of amides is 1. The fourth-order valence-electron chi connectivity index (χ4n) is 2.59. The van der Waals surface area contributed by atoms with Crippen LogP contribution in [0.15, 0.2) is 77.5 Å². The lowest BCUT2D eigenvalue weighted by molar-refractivity contribution is 0.0957. The van der Waals surface area contributed by atoms with Crippen molar-refractivity contribution in [3.8, 4) is 10.6 Å². The van der Waals surface area contributed by atoms with Crippen LogP contribution in [-0.2, 0) is 0 Å². The van der Waals surface area contributed by atoms with E-state index in [0.29, 0.717) is 5.56 Å². The molecular weight excluding hydrogens is 344 g/mol. The summed E-state index contributed by atoms with van der Waals surface area (Å²) in [6.07, 6.45) is 4.92. The number of hydrazone groups is 1. The topological polar surface area (TPSA) is 67.2 Å². The first-order chi connectivity index (χ1) is 12.8. The maximum absolute atomic E-state index is 12.7. The molecule has 0 saturated heterocycles. The van der Waals surface area contributed by atoms with Crippen LogP contribution >= 0.6 is 11.3 Å². The molecule has 126 valence electrons. The third-order valence-corrected chi connectivity index (χ3v) is 4.69. The molecule has 1 aromatic carbocycles. The van der Waals surface area contributed by atoms with Gasteiger partial charge in [-0.25, -0.2) is 10.4 Å². The molecule has 0 atom stereocenters. The molecule has 0 aliphatic carbocycles. The average Bonchev–Trinajstić information content (AvgIpc) is 3.23. The van der Waals surface area contributed by atoms with E-state index in [0.717, 1.165) is 27.0 Å². The van der Waals surface area contributed by atoms with Crippen LogP contribution in [0, 0.1) is 0 Å². The van der Waals surface area contributed by atoms with Crippen molar-refractivity contribution < 1.29 is 4.79 Å². The van der Waals surface area contributed by atoms with Gasteiger partial charge in [0, 0.05) is 23.3 Å². The van der Waals surface area contributed by atoms with Gasteiger partial charge in [0.15, 0.2) is 0 Å². The van der Waals surface area contributed by atoms with Gasteiger partial charge in [0.25, 0.3) is 5.91 Å². The molecule has 3 heterocycles. The van der Waals surface area contributed by atoms with E-state index >= 15 is 0 Å². The number of carbonyl (C=O) groups is 1. The summed E-state index contributed by atoms with van der Waals surface area (Å²) in [6.45, 7) is 0. The second kappa shape index (κ2) is 7.25. The summed E-state index contributed by atoms with van der Waals surface area (Å²) in [7, 11) is 0. The van der Waals surface area contributed by atoms with Gasteiger partial charge in [-0.15, -0.1) is 11.3 Å². The van der Waals surface area contributed by atoms with E-state index in [-0.39, 0.29) is 5.91 Å². The van der Waals surface area contributed by atoms with Crippen molar-refractivity contribution in [2.24, 2.45) is 5.10 Å². The molecule has 4 aromatic rings. The average molecular weight is 358 g/mol. The number of fused-ring (bicyclic) bond motifs is 1. The van der Waals surface area contributed by atoms with Crippen LogP contribution in [-0.4, -0.2) is 22.1 Å². The van der Waals surface area contributed by atoms with Crippen molar-refractivity contribution >= 4 is 34.4 Å². The second-order valence-corrected chi connectivity index (χ2v) is 6.48. The van der Waals surface area contributed by atoms with Crippen LogP contribution < -0.4 is 5.43 Å². The Kier molecular flexibility index (Phi) is 4.49. The number of para-hydroxylation sites is 1. The Labute approximate surface area is 154 Å². The van der Waals surface area contributed by atoms with E-state index in [1.807, 2.05) is 60.0 Å². The summed E-state index contributed by atoms with van der Waals surface area (Å²) in [5, 5.41) is 6.82. The van der Waals surface area contributed by atoms with E-state index in [2.05, 4.69) is 20.5 Å². The lowest BCUT2D eigenvalue weighted by Crippen LogP contribution is -2.18. The number of nitrogens with zero attached hydrogens (tertiary/aromatic N) is 3. The quantitative estimate of drug-likeness (QED) is 0.441. The highest BCUT2D eigenvalue weighted by atomic mass is 32.1. The smallest absolute Gasteiger partial charge is 0.267 e. The van der Waals surface area contributed by atoms with Crippen LogP contribution in [0.5, 0.6) is 0 Å². The normalized spacial score (nSPS) is 11.1. The first-order valence-corrected chi connectivity index (χ1v) is 8.86. The summed E-state index contributed by atoms with van der Waals surface area (Å²) in [6, 6.07) is 17.0. The fourth-order valence-corrected chi connectivity index (χ4v) is 3.28. The zero-order valence-electron chi connectivity index (χ0n) is 13.7. The number of carbonyl (C=O) groups excluding carboxylic acids is 1. The van der Waals surface area contributed by atoms with E-state index in [1.54, 1.807) is 29.9 Å². The lowest BCUT2D eigenvalue weighted by atomic mass is 10.1. The molecule has 0 saturated carbocycles. The van der Waals surface area contributed by atoms with Gasteiger partial charge in [-0.1, -0.05) is 30.3 Å². The number of rotatable bonds is 4. The number of hydrogen-bond acceptors (Lipinski definition) is 5. The number of pyridine rings is 2. The molecule has 0 radical (unpaired) electrons. The summed E-state index contributed by atoms with van der Waals surface area (Å²) < 4.78 is 0. The fraction of sp³-hybridized carbons (Fsp3) is 0. The van der Waals surface area contributed by atoms with E-state index in [1.165, 1.54) is 0 Å². The third-order valence-electron chi connectivity index (χ3n) is 3.80. The molecular formula is C20H14N4OS. The predicted molar refractivity (Wildman–Crippen MR) is 104 cm³/mol. The predicted octanol–water partition coefficient (Wildman–Crippen LogP) is 4.12. The Bertz CT molecular complexity index is 1080. The Morgan fingerprint density at radius 1 is 1.12 bits per heavy atom. The van der Waals surface area contributed by atoms with Gasteiger partial charge in [0.1, 0.15) is 0 Å². The molecule has 4 rings (SSSR count). The Morgan fingerprint density at radius 2 is 2.04 bits per heavy atom. The highest BCUT2D eigenvalue weighted by molar-refractivity contribution is 7.13. The highest BCUT2D eigenvalue weighted by Crippen LogP contribution is 2.27. The molecule has 0 aliphatic heterocycles. The molecule has 0 aliphatic rings. The minimum atomic E-state index is -0.276. The number of aromatic nitrogens is 2. The molecule has 0 fully saturated rings. The van der Waals surface area contributed by atoms with Gasteiger partial charge in [-0.05, 0) is 29.6 Å². The first kappa shape index (κ1) is 16.1. The molecule has 3 aromatic heterocycles. The van der Waals surface area contributed by atoms with Crippen LogP contribution in [0.3, 0.4) is 0 Å². The molecule has 5 nitrogen and oxygen atoms in total. The van der Waals surface area contributed by atoms with E-state index in [4.69, 9.17) is 0 Å². The van der Waals surface area contributed by atoms with Gasteiger partial charge in [0.2, 0.25) is 0 Å². The van der Waals surface area contributed by atoms with Crippen LogP contribution in [0.2, 0.25) is 0 Å². The van der Waals surface area contributed by atoms with Crippen LogP contribution in [0.4, 0.5) is 0 Å². The van der Waals surface area contributed by atoms with Crippen molar-refractivity contribution in [1.29, 1.82) is 0 Å². The summed E-state index contributed by atoms with van der Waals surface area (Å²) in [5.74, 6) is -0.276. The van der Waals surface area contributed by atoms with Crippen molar-refractivity contribution in [1.82, 2.24) is 15.4 Å². The van der Waals surface area contributed by atoms with Crippen molar-refractivity contribution in [2.75, 3.05) is 0 Å². The Hall–Kier alpha value is -3.38. The standard InChI is InChI=1S/C20H14N4OS/c25-20(24-22-13-14-5-3-9-21-12-14)16-11-18(19-8-4-10-26-19)23-17-7-2-1-6-15(16)17/h1-13H,(H,24,25)/b22-13-. The van der Waals surface area contributed by atoms with Gasteiger partial charge in [-0.2, -0.15) is 5.10 Å². The van der Waals surface area contributed by atoms with Gasteiger partial charge in [0.05, 0.1) is 27.9 Å². The van der Waals surface area contributed by atoms with Crippen molar-refractivity contribution in [3.05, 3.63) is 83.5 Å². The van der Waals surface area contributed by atoms with E-state index < -0.39 is 0 Å². The van der Waals surface area contributed by atoms with Gasteiger partial charge in [-0.3, -0.25) is 9.78 Å². The summed E-state index contributed by atoms with van der Waals surface area (Å²) in [4.78, 5) is 22.4. The molecule has 1 amide bonds. The second-order valence-electron chi connectivity index (χ2n) is 5.53. The maximum atomic E-state index is 12.7. The van der Waals surface area contributed by atoms with Gasteiger partial charge >= 0.3 is 0 Å². The molecule has 0 bridgehead atoms. The third kappa shape index (κ3) is 3.36. The van der Waals surface area contributed by atoms with Crippen LogP contribution in [0.1, 0.15) is 15.9 Å². The lowest BCUT2D eigenvalue weighted by Gasteiger charge is -2.07. The minimum Gasteiger partial charge on any atom is -0.267 e. The molecule has 0 unspecified atom stereocenters. The molecule has 26 heavy (non-hydrogen) atoms. The number of benzene rings is 1. The monoisotopic (exact) mass is 358 g/mol. The largest absolute Gasteiger partial charge is 0.272 e. The van der Waals surface area contributed by atoms with Gasteiger partial charge < -0.3 is 0 Å². The number of nitrogens with one attached hydrogen (secondary N) is 1. The number of hydrogen-bond donors (Lipinski definition) is 1. The Morgan fingerprint density at radius 3 is 2.85 bits per heavy atom. The zero-order chi connectivity index (χ0) is 17.8. The Balaban J connectivity index is 1.68. The molecule has 0 spiro atoms. The molecule has 1 N–H and O–H groups in total. The highest BCUT2D eigenvalue weighted by Gasteiger charge is 2.13. The zero-order valence-corrected chi connectivity index (χ0v) is 14.5.